The summed E-state index contributed by atoms with van der Waals surface area (Å²) in [6, 6.07) is 5.74. The summed E-state index contributed by atoms with van der Waals surface area (Å²) < 4.78 is 2.92. The Hall–Kier alpha value is -1.00. The lowest BCUT2D eigenvalue weighted by molar-refractivity contribution is 0.622. The monoisotopic (exact) mass is 341 g/mol. The van der Waals surface area contributed by atoms with Crippen molar-refractivity contribution in [3.05, 3.63) is 33.5 Å². The number of hydrogen-bond donors (Lipinski definition) is 1. The van der Waals surface area contributed by atoms with E-state index in [1.807, 2.05) is 25.1 Å². The summed E-state index contributed by atoms with van der Waals surface area (Å²) in [5.41, 5.74) is 8.02. The largest absolute Gasteiger partial charge is 0.383 e. The van der Waals surface area contributed by atoms with Crippen molar-refractivity contribution in [2.24, 2.45) is 0 Å². The van der Waals surface area contributed by atoms with Crippen LogP contribution in [0.2, 0.25) is 5.02 Å². The van der Waals surface area contributed by atoms with Crippen LogP contribution in [0.1, 0.15) is 25.6 Å². The Morgan fingerprint density at radius 2 is 2.16 bits per heavy atom. The van der Waals surface area contributed by atoms with E-state index in [9.17, 15) is 0 Å². The summed E-state index contributed by atoms with van der Waals surface area (Å²) >= 11 is 9.44. The zero-order valence-corrected chi connectivity index (χ0v) is 13.4. The second kappa shape index (κ2) is 5.97. The number of aryl methyl sites for hydroxylation is 1. The molecular formula is C14H17BrClN3. The molecule has 0 atom stereocenters. The van der Waals surface area contributed by atoms with Crippen LogP contribution < -0.4 is 5.73 Å². The molecule has 19 heavy (non-hydrogen) atoms. The van der Waals surface area contributed by atoms with Crippen LogP contribution in [0.15, 0.2) is 22.7 Å². The first kappa shape index (κ1) is 14.4. The minimum absolute atomic E-state index is 0.685. The molecule has 1 heterocycles. The van der Waals surface area contributed by atoms with Crippen LogP contribution in [0.4, 0.5) is 5.82 Å². The van der Waals surface area contributed by atoms with E-state index < -0.39 is 0 Å². The third-order valence-corrected chi connectivity index (χ3v) is 4.34. The Morgan fingerprint density at radius 3 is 2.79 bits per heavy atom. The van der Waals surface area contributed by atoms with Gasteiger partial charge in [0.2, 0.25) is 0 Å². The smallest absolute Gasteiger partial charge is 0.131 e. The van der Waals surface area contributed by atoms with E-state index in [1.165, 1.54) is 0 Å². The number of hydrogen-bond acceptors (Lipinski definition) is 2. The maximum absolute atomic E-state index is 6.22. The first-order valence-corrected chi connectivity index (χ1v) is 7.49. The average molecular weight is 343 g/mol. The van der Waals surface area contributed by atoms with Crippen LogP contribution in [-0.2, 0) is 6.54 Å². The summed E-state index contributed by atoms with van der Waals surface area (Å²) in [7, 11) is 0. The predicted molar refractivity (Wildman–Crippen MR) is 84.4 cm³/mol. The van der Waals surface area contributed by atoms with E-state index in [0.29, 0.717) is 5.02 Å². The molecule has 3 nitrogen and oxygen atoms in total. The molecule has 2 aromatic rings. The van der Waals surface area contributed by atoms with Crippen molar-refractivity contribution >= 4 is 33.3 Å². The molecule has 0 aliphatic rings. The van der Waals surface area contributed by atoms with Crippen molar-refractivity contribution in [3.8, 4) is 11.3 Å². The zero-order chi connectivity index (χ0) is 14.0. The minimum atomic E-state index is 0.685. The van der Waals surface area contributed by atoms with E-state index in [1.54, 1.807) is 0 Å². The Kier molecular flexibility index (Phi) is 4.53. The molecule has 1 aromatic carbocycles. The highest BCUT2D eigenvalue weighted by Gasteiger charge is 2.14. The highest BCUT2D eigenvalue weighted by atomic mass is 79.9. The summed E-state index contributed by atoms with van der Waals surface area (Å²) in [5.74, 6) is 1.67. The number of anilines is 1. The molecule has 0 unspecified atom stereocenters. The Labute approximate surface area is 126 Å². The van der Waals surface area contributed by atoms with Gasteiger partial charge in [0.1, 0.15) is 17.3 Å². The molecule has 0 aliphatic carbocycles. The van der Waals surface area contributed by atoms with Crippen LogP contribution >= 0.6 is 27.5 Å². The normalized spacial score (nSPS) is 10.9. The summed E-state index contributed by atoms with van der Waals surface area (Å²) in [6.07, 6.45) is 2.24. The fraction of sp³-hybridized carbons (Fsp3) is 0.357. The van der Waals surface area contributed by atoms with E-state index in [-0.39, 0.29) is 0 Å². The second-order valence-corrected chi connectivity index (χ2v) is 5.79. The second-order valence-electron chi connectivity index (χ2n) is 4.53. The molecule has 102 valence electrons. The quantitative estimate of drug-likeness (QED) is 0.878. The lowest BCUT2D eigenvalue weighted by Crippen LogP contribution is -2.04. The molecule has 5 heteroatoms. The van der Waals surface area contributed by atoms with Gasteiger partial charge in [-0.05, 0) is 41.4 Å². The fourth-order valence-corrected chi connectivity index (χ4v) is 2.53. The van der Waals surface area contributed by atoms with Crippen molar-refractivity contribution in [2.45, 2.75) is 33.2 Å². The molecule has 0 saturated carbocycles. The minimum Gasteiger partial charge on any atom is -0.383 e. The standard InChI is InChI=1S/C14H17BrClN3/c1-3-4-7-19-9(2)18-13(14(19)17)10-5-6-12(16)11(15)8-10/h5-6,8H,3-4,7,17H2,1-2H3. The van der Waals surface area contributed by atoms with Gasteiger partial charge in [-0.1, -0.05) is 31.0 Å². The van der Waals surface area contributed by atoms with Gasteiger partial charge in [-0.2, -0.15) is 0 Å². The lowest BCUT2D eigenvalue weighted by Gasteiger charge is -2.07. The van der Waals surface area contributed by atoms with Crippen LogP contribution in [0.3, 0.4) is 0 Å². The van der Waals surface area contributed by atoms with Crippen molar-refractivity contribution in [2.75, 3.05) is 5.73 Å². The first-order valence-electron chi connectivity index (χ1n) is 6.32. The molecule has 0 saturated heterocycles. The van der Waals surface area contributed by atoms with Crippen LogP contribution in [0.25, 0.3) is 11.3 Å². The van der Waals surface area contributed by atoms with E-state index in [4.69, 9.17) is 17.3 Å². The van der Waals surface area contributed by atoms with Gasteiger partial charge in [0.05, 0.1) is 5.02 Å². The van der Waals surface area contributed by atoms with Crippen LogP contribution in [0, 0.1) is 6.92 Å². The number of nitrogens with zero attached hydrogens (tertiary/aromatic N) is 2. The zero-order valence-electron chi connectivity index (χ0n) is 11.1. The molecule has 0 fully saturated rings. The van der Waals surface area contributed by atoms with E-state index in [2.05, 4.69) is 32.4 Å². The highest BCUT2D eigenvalue weighted by molar-refractivity contribution is 9.10. The van der Waals surface area contributed by atoms with Crippen molar-refractivity contribution < 1.29 is 0 Å². The number of nitrogen functional groups attached to an aromatic ring is 1. The predicted octanol–water partition coefficient (Wildman–Crippen LogP) is 4.66. The summed E-state index contributed by atoms with van der Waals surface area (Å²) in [4.78, 5) is 4.58. The number of aromatic nitrogens is 2. The van der Waals surface area contributed by atoms with Crippen molar-refractivity contribution in [1.82, 2.24) is 9.55 Å². The van der Waals surface area contributed by atoms with E-state index >= 15 is 0 Å². The molecule has 0 radical (unpaired) electrons. The molecule has 2 N–H and O–H groups in total. The van der Waals surface area contributed by atoms with Crippen LogP contribution in [0.5, 0.6) is 0 Å². The number of halogens is 2. The molecule has 0 aliphatic heterocycles. The topological polar surface area (TPSA) is 43.8 Å². The van der Waals surface area contributed by atoms with Crippen LogP contribution in [-0.4, -0.2) is 9.55 Å². The lowest BCUT2D eigenvalue weighted by atomic mass is 10.1. The van der Waals surface area contributed by atoms with Gasteiger partial charge >= 0.3 is 0 Å². The summed E-state index contributed by atoms with van der Waals surface area (Å²) in [6.45, 7) is 5.07. The van der Waals surface area contributed by atoms with Gasteiger partial charge in [0, 0.05) is 16.6 Å². The number of imidazole rings is 1. The number of rotatable bonds is 4. The molecule has 2 rings (SSSR count). The first-order chi connectivity index (χ1) is 9.04. The number of benzene rings is 1. The van der Waals surface area contributed by atoms with Gasteiger partial charge in [-0.25, -0.2) is 4.98 Å². The Bertz CT molecular complexity index is 593. The number of nitrogens with two attached hydrogens (primary N) is 1. The Morgan fingerprint density at radius 1 is 1.42 bits per heavy atom. The molecule has 0 amide bonds. The third kappa shape index (κ3) is 2.95. The third-order valence-electron chi connectivity index (χ3n) is 3.13. The molecule has 0 spiro atoms. The highest BCUT2D eigenvalue weighted by Crippen LogP contribution is 2.31. The van der Waals surface area contributed by atoms with Gasteiger partial charge < -0.3 is 10.3 Å². The molecular weight excluding hydrogens is 326 g/mol. The van der Waals surface area contributed by atoms with Crippen molar-refractivity contribution in [1.29, 1.82) is 0 Å². The van der Waals surface area contributed by atoms with Gasteiger partial charge in [-0.3, -0.25) is 0 Å². The summed E-state index contributed by atoms with van der Waals surface area (Å²) in [5, 5.41) is 0.685. The average Bonchev–Trinajstić information content (AvgIpc) is 2.66. The fourth-order valence-electron chi connectivity index (χ4n) is 2.04. The Balaban J connectivity index is 2.42. The van der Waals surface area contributed by atoms with E-state index in [0.717, 1.165) is 46.8 Å². The van der Waals surface area contributed by atoms with Gasteiger partial charge in [0.15, 0.2) is 0 Å². The molecule has 1 aromatic heterocycles. The van der Waals surface area contributed by atoms with Crippen molar-refractivity contribution in [3.63, 3.8) is 0 Å². The molecule has 0 bridgehead atoms. The number of unbranched alkanes of at least 4 members (excludes halogenated alkanes) is 1. The SMILES string of the molecule is CCCCn1c(C)nc(-c2ccc(Cl)c(Br)c2)c1N. The maximum atomic E-state index is 6.22. The maximum Gasteiger partial charge on any atom is 0.131 e. The van der Waals surface area contributed by atoms with Gasteiger partial charge in [0.25, 0.3) is 0 Å². The van der Waals surface area contributed by atoms with Gasteiger partial charge in [-0.15, -0.1) is 0 Å².